The summed E-state index contributed by atoms with van der Waals surface area (Å²) in [5, 5.41) is 10.2. The number of aliphatic hydroxyl groups is 1. The molecule has 1 N–H and O–H groups in total. The van der Waals surface area contributed by atoms with E-state index >= 15 is 0 Å². The van der Waals surface area contributed by atoms with Crippen LogP contribution in [0, 0.1) is 0 Å². The summed E-state index contributed by atoms with van der Waals surface area (Å²) in [5.74, 6) is -0.334. The van der Waals surface area contributed by atoms with Crippen molar-refractivity contribution in [1.82, 2.24) is 0 Å². The number of benzene rings is 2. The summed E-state index contributed by atoms with van der Waals surface area (Å²) in [6.07, 6.45) is 0.163. The number of hydrogen-bond donors (Lipinski definition) is 1. The van der Waals surface area contributed by atoms with Gasteiger partial charge in [0.15, 0.2) is 5.78 Å². The molecular weight excluding hydrogens is 252 g/mol. The molecule has 0 heterocycles. The van der Waals surface area contributed by atoms with Gasteiger partial charge in [-0.05, 0) is 5.56 Å². The highest BCUT2D eigenvalue weighted by atomic mass is 16.5. The van der Waals surface area contributed by atoms with Crippen molar-refractivity contribution in [2.24, 2.45) is 0 Å². The van der Waals surface area contributed by atoms with Crippen molar-refractivity contribution in [3.63, 3.8) is 0 Å². The van der Waals surface area contributed by atoms with Gasteiger partial charge >= 0.3 is 0 Å². The highest BCUT2D eigenvalue weighted by Crippen LogP contribution is 2.21. The van der Waals surface area contributed by atoms with E-state index in [1.807, 2.05) is 12.1 Å². The van der Waals surface area contributed by atoms with E-state index < -0.39 is 6.10 Å². The summed E-state index contributed by atoms with van der Waals surface area (Å²) in [6.45, 7) is 3.73. The normalized spacial score (nSPS) is 11.7. The minimum Gasteiger partial charge on any atom is -0.497 e. The second-order valence-electron chi connectivity index (χ2n) is 4.31. The summed E-state index contributed by atoms with van der Waals surface area (Å²) in [6, 6.07) is 16.0. The lowest BCUT2D eigenvalue weighted by Crippen LogP contribution is -2.14. The van der Waals surface area contributed by atoms with Gasteiger partial charge in [0.1, 0.15) is 12.7 Å². The first kappa shape index (κ1) is 14.0. The summed E-state index contributed by atoms with van der Waals surface area (Å²) >= 11 is 0. The Kier molecular flexibility index (Phi) is 4.69. The molecule has 2 rings (SSSR count). The molecule has 0 fully saturated rings. The van der Waals surface area contributed by atoms with Crippen LogP contribution >= 0.6 is 0 Å². The molecule has 20 heavy (non-hydrogen) atoms. The van der Waals surface area contributed by atoms with E-state index in [2.05, 4.69) is 6.58 Å². The maximum absolute atomic E-state index is 12.4. The Balaban J connectivity index is 2.27. The predicted molar refractivity (Wildman–Crippen MR) is 77.2 cm³/mol. The molecule has 0 aliphatic carbocycles. The van der Waals surface area contributed by atoms with Crippen LogP contribution in [-0.2, 0) is 11.3 Å². The fraction of sp³-hybridized carbons (Fsp3) is 0.118. The molecule has 102 valence electrons. The number of aliphatic hydroxyl groups excluding tert-OH is 1. The third kappa shape index (κ3) is 3.13. The number of rotatable bonds is 6. The molecule has 0 amide bonds. The Morgan fingerprint density at radius 1 is 1.15 bits per heavy atom. The van der Waals surface area contributed by atoms with Crippen molar-refractivity contribution in [2.45, 2.75) is 12.7 Å². The van der Waals surface area contributed by atoms with Crippen LogP contribution in [0.4, 0.5) is 0 Å². The fourth-order valence-corrected chi connectivity index (χ4v) is 1.97. The molecule has 2 aromatic carbocycles. The maximum Gasteiger partial charge on any atom is 0.196 e. The van der Waals surface area contributed by atoms with Crippen LogP contribution in [0.1, 0.15) is 27.6 Å². The highest BCUT2D eigenvalue weighted by molar-refractivity contribution is 6.01. The SMILES string of the molecule is C=COCc1ccccc1C(=O)C(O)c1ccccc1. The highest BCUT2D eigenvalue weighted by Gasteiger charge is 2.21. The number of ether oxygens (including phenoxy) is 1. The van der Waals surface area contributed by atoms with Gasteiger partial charge in [-0.2, -0.15) is 0 Å². The zero-order valence-electron chi connectivity index (χ0n) is 11.0. The van der Waals surface area contributed by atoms with Gasteiger partial charge in [-0.15, -0.1) is 0 Å². The number of ketones is 1. The van der Waals surface area contributed by atoms with Crippen LogP contribution in [-0.4, -0.2) is 10.9 Å². The maximum atomic E-state index is 12.4. The van der Waals surface area contributed by atoms with Crippen LogP contribution in [0.5, 0.6) is 0 Å². The number of carbonyl (C=O) groups is 1. The van der Waals surface area contributed by atoms with E-state index in [4.69, 9.17) is 4.74 Å². The van der Waals surface area contributed by atoms with Crippen molar-refractivity contribution in [2.75, 3.05) is 0 Å². The summed E-state index contributed by atoms with van der Waals surface area (Å²) in [5.41, 5.74) is 1.77. The molecule has 3 heteroatoms. The molecule has 0 aliphatic heterocycles. The zero-order valence-corrected chi connectivity index (χ0v) is 11.0. The van der Waals surface area contributed by atoms with Gasteiger partial charge in [0.05, 0.1) is 6.26 Å². The monoisotopic (exact) mass is 268 g/mol. The van der Waals surface area contributed by atoms with Crippen LogP contribution < -0.4 is 0 Å². The van der Waals surface area contributed by atoms with Crippen LogP contribution in [0.3, 0.4) is 0 Å². The van der Waals surface area contributed by atoms with Gasteiger partial charge in [-0.25, -0.2) is 0 Å². The summed E-state index contributed by atoms with van der Waals surface area (Å²) < 4.78 is 5.13. The van der Waals surface area contributed by atoms with E-state index in [0.717, 1.165) is 5.56 Å². The lowest BCUT2D eigenvalue weighted by atomic mass is 9.96. The van der Waals surface area contributed by atoms with Crippen molar-refractivity contribution < 1.29 is 14.6 Å². The molecular formula is C17H16O3. The first-order valence-corrected chi connectivity index (χ1v) is 6.31. The van der Waals surface area contributed by atoms with E-state index in [9.17, 15) is 9.90 Å². The standard InChI is InChI=1S/C17H16O3/c1-2-20-12-14-10-6-7-11-15(14)17(19)16(18)13-8-4-3-5-9-13/h2-11,16,18H,1,12H2. The first-order chi connectivity index (χ1) is 9.74. The lowest BCUT2D eigenvalue weighted by molar-refractivity contribution is 0.0744. The van der Waals surface area contributed by atoms with Gasteiger partial charge in [-0.1, -0.05) is 61.2 Å². The quantitative estimate of drug-likeness (QED) is 0.646. The van der Waals surface area contributed by atoms with Crippen LogP contribution in [0.2, 0.25) is 0 Å². The lowest BCUT2D eigenvalue weighted by Gasteiger charge is -2.13. The Hall–Kier alpha value is -2.39. The van der Waals surface area contributed by atoms with Crippen molar-refractivity contribution >= 4 is 5.78 Å². The van der Waals surface area contributed by atoms with Crippen LogP contribution in [0.25, 0.3) is 0 Å². The fourth-order valence-electron chi connectivity index (χ4n) is 1.97. The average molecular weight is 268 g/mol. The number of hydrogen-bond acceptors (Lipinski definition) is 3. The molecule has 3 nitrogen and oxygen atoms in total. The molecule has 0 saturated carbocycles. The molecule has 0 aliphatic rings. The van der Waals surface area contributed by atoms with Gasteiger partial charge in [-0.3, -0.25) is 4.79 Å². The van der Waals surface area contributed by atoms with Crippen molar-refractivity contribution in [3.8, 4) is 0 Å². The van der Waals surface area contributed by atoms with E-state index in [1.165, 1.54) is 6.26 Å². The number of carbonyl (C=O) groups excluding carboxylic acids is 1. The van der Waals surface area contributed by atoms with E-state index in [1.54, 1.807) is 42.5 Å². The van der Waals surface area contributed by atoms with Gasteiger partial charge < -0.3 is 9.84 Å². The van der Waals surface area contributed by atoms with E-state index in [-0.39, 0.29) is 12.4 Å². The first-order valence-electron chi connectivity index (χ1n) is 6.31. The second-order valence-corrected chi connectivity index (χ2v) is 4.31. The molecule has 0 saturated heterocycles. The Morgan fingerprint density at radius 2 is 1.80 bits per heavy atom. The van der Waals surface area contributed by atoms with Gasteiger partial charge in [0, 0.05) is 11.1 Å². The topological polar surface area (TPSA) is 46.5 Å². The number of Topliss-reactive ketones (excluding diaryl/α,β-unsaturated/α-hetero) is 1. The predicted octanol–water partition coefficient (Wildman–Crippen LogP) is 3.26. The molecule has 0 bridgehead atoms. The Bertz CT molecular complexity index is 590. The summed E-state index contributed by atoms with van der Waals surface area (Å²) in [4.78, 5) is 12.4. The largest absolute Gasteiger partial charge is 0.497 e. The smallest absolute Gasteiger partial charge is 0.196 e. The zero-order chi connectivity index (χ0) is 14.4. The molecule has 0 radical (unpaired) electrons. The molecule has 0 aromatic heterocycles. The Labute approximate surface area is 118 Å². The van der Waals surface area contributed by atoms with Crippen molar-refractivity contribution in [1.29, 1.82) is 0 Å². The summed E-state index contributed by atoms with van der Waals surface area (Å²) in [7, 11) is 0. The molecule has 1 unspecified atom stereocenters. The van der Waals surface area contributed by atoms with E-state index in [0.29, 0.717) is 11.1 Å². The molecule has 1 atom stereocenters. The van der Waals surface area contributed by atoms with Crippen LogP contribution in [0.15, 0.2) is 67.4 Å². The van der Waals surface area contributed by atoms with Gasteiger partial charge in [0.25, 0.3) is 0 Å². The molecule has 2 aromatic rings. The Morgan fingerprint density at radius 3 is 2.50 bits per heavy atom. The third-order valence-corrected chi connectivity index (χ3v) is 3.00. The van der Waals surface area contributed by atoms with Crippen molar-refractivity contribution in [3.05, 3.63) is 84.1 Å². The third-order valence-electron chi connectivity index (χ3n) is 3.00. The second kappa shape index (κ2) is 6.68. The average Bonchev–Trinajstić information content (AvgIpc) is 2.52. The minimum absolute atomic E-state index is 0.257. The van der Waals surface area contributed by atoms with Gasteiger partial charge in [0.2, 0.25) is 0 Å². The minimum atomic E-state index is -1.17. The molecule has 0 spiro atoms.